The lowest BCUT2D eigenvalue weighted by Crippen LogP contribution is -2.01. The van der Waals surface area contributed by atoms with E-state index in [1.54, 1.807) is 18.5 Å². The second-order valence-corrected chi connectivity index (χ2v) is 2.98. The zero-order valence-corrected chi connectivity index (χ0v) is 6.53. The Bertz CT molecular complexity index is 324. The quantitative estimate of drug-likeness (QED) is 0.485. The lowest BCUT2D eigenvalue weighted by molar-refractivity contribution is 0.556. The van der Waals surface area contributed by atoms with Crippen LogP contribution in [0.4, 0.5) is 0 Å². The van der Waals surface area contributed by atoms with Crippen LogP contribution in [0.3, 0.4) is 0 Å². The molecular weight excluding hydrogens is 152 g/mol. The Labute approximate surface area is 70.2 Å². The highest BCUT2D eigenvalue weighted by molar-refractivity contribution is 5.40. The van der Waals surface area contributed by atoms with Crippen LogP contribution in [0.1, 0.15) is 18.4 Å². The van der Waals surface area contributed by atoms with E-state index < -0.39 is 0 Å². The standard InChI is InChI=1S/C9H8N2O/c12-7-11-9(3-4-9)8-2-1-5-10-6-8/h1-2,5-6H,3-4H2. The van der Waals surface area contributed by atoms with Crippen LogP contribution >= 0.6 is 0 Å². The molecule has 1 aliphatic rings. The van der Waals surface area contributed by atoms with Crippen molar-refractivity contribution in [1.82, 2.24) is 4.98 Å². The molecule has 12 heavy (non-hydrogen) atoms. The van der Waals surface area contributed by atoms with E-state index in [0.29, 0.717) is 0 Å². The molecule has 0 spiro atoms. The summed E-state index contributed by atoms with van der Waals surface area (Å²) in [5.41, 5.74) is 0.754. The number of rotatable bonds is 2. The Hall–Kier alpha value is -1.47. The summed E-state index contributed by atoms with van der Waals surface area (Å²) in [5, 5.41) is 0. The van der Waals surface area contributed by atoms with Gasteiger partial charge in [-0.2, -0.15) is 4.99 Å². The molecule has 0 unspecified atom stereocenters. The minimum atomic E-state index is -0.268. The molecule has 0 atom stereocenters. The molecule has 1 saturated carbocycles. The van der Waals surface area contributed by atoms with Crippen LogP contribution < -0.4 is 0 Å². The van der Waals surface area contributed by atoms with Crippen molar-refractivity contribution in [3.63, 3.8) is 0 Å². The summed E-state index contributed by atoms with van der Waals surface area (Å²) < 4.78 is 0. The molecule has 0 saturated heterocycles. The van der Waals surface area contributed by atoms with Crippen molar-refractivity contribution in [2.75, 3.05) is 0 Å². The monoisotopic (exact) mass is 160 g/mol. The molecule has 3 nitrogen and oxygen atoms in total. The molecule has 1 aromatic heterocycles. The van der Waals surface area contributed by atoms with Crippen LogP contribution in [0.2, 0.25) is 0 Å². The molecule has 1 aliphatic carbocycles. The third kappa shape index (κ3) is 1.04. The predicted octanol–water partition coefficient (Wildman–Crippen LogP) is 1.41. The SMILES string of the molecule is O=C=NC1(c2cccnc2)CC1. The van der Waals surface area contributed by atoms with Gasteiger partial charge in [-0.05, 0) is 24.5 Å². The van der Waals surface area contributed by atoms with Crippen LogP contribution in [0.25, 0.3) is 0 Å². The van der Waals surface area contributed by atoms with Gasteiger partial charge in [-0.3, -0.25) is 4.98 Å². The van der Waals surface area contributed by atoms with Gasteiger partial charge in [0.05, 0.1) is 5.54 Å². The average Bonchev–Trinajstić information content (AvgIpc) is 2.88. The van der Waals surface area contributed by atoms with E-state index in [1.807, 2.05) is 12.1 Å². The first-order valence-electron chi connectivity index (χ1n) is 3.87. The van der Waals surface area contributed by atoms with Gasteiger partial charge in [0.2, 0.25) is 6.08 Å². The van der Waals surface area contributed by atoms with E-state index >= 15 is 0 Å². The first-order chi connectivity index (χ1) is 5.87. The summed E-state index contributed by atoms with van der Waals surface area (Å²) in [5.74, 6) is 0. The van der Waals surface area contributed by atoms with Gasteiger partial charge in [0, 0.05) is 12.4 Å². The van der Waals surface area contributed by atoms with Gasteiger partial charge in [-0.1, -0.05) is 6.07 Å². The summed E-state index contributed by atoms with van der Waals surface area (Å²) in [7, 11) is 0. The van der Waals surface area contributed by atoms with Gasteiger partial charge in [0.1, 0.15) is 0 Å². The van der Waals surface area contributed by atoms with Crippen LogP contribution in [-0.4, -0.2) is 11.1 Å². The number of carbonyl (C=O) groups excluding carboxylic acids is 1. The lowest BCUT2D eigenvalue weighted by Gasteiger charge is -2.05. The number of isocyanates is 1. The Balaban J connectivity index is 2.37. The van der Waals surface area contributed by atoms with Crippen molar-refractivity contribution >= 4 is 6.08 Å². The van der Waals surface area contributed by atoms with Gasteiger partial charge < -0.3 is 0 Å². The highest BCUT2D eigenvalue weighted by Gasteiger charge is 2.44. The van der Waals surface area contributed by atoms with Gasteiger partial charge in [0.15, 0.2) is 0 Å². The van der Waals surface area contributed by atoms with E-state index in [9.17, 15) is 4.79 Å². The molecule has 0 aromatic carbocycles. The number of nitrogens with zero attached hydrogens (tertiary/aromatic N) is 2. The van der Waals surface area contributed by atoms with Gasteiger partial charge >= 0.3 is 0 Å². The Kier molecular flexibility index (Phi) is 1.52. The minimum absolute atomic E-state index is 0.268. The Morgan fingerprint density at radius 3 is 2.92 bits per heavy atom. The highest BCUT2D eigenvalue weighted by atomic mass is 16.1. The summed E-state index contributed by atoms with van der Waals surface area (Å²) in [6.45, 7) is 0. The number of hydrogen-bond acceptors (Lipinski definition) is 3. The smallest absolute Gasteiger partial charge is 0.235 e. The third-order valence-electron chi connectivity index (χ3n) is 2.18. The zero-order chi connectivity index (χ0) is 8.44. The maximum atomic E-state index is 10.1. The largest absolute Gasteiger partial charge is 0.264 e. The highest BCUT2D eigenvalue weighted by Crippen LogP contribution is 2.48. The molecule has 1 heterocycles. The maximum Gasteiger partial charge on any atom is 0.235 e. The molecule has 3 heteroatoms. The fourth-order valence-electron chi connectivity index (χ4n) is 1.31. The zero-order valence-electron chi connectivity index (χ0n) is 6.53. The second-order valence-electron chi connectivity index (χ2n) is 2.98. The first-order valence-corrected chi connectivity index (χ1v) is 3.87. The molecular formula is C9H8N2O. The van der Waals surface area contributed by atoms with Crippen molar-refractivity contribution < 1.29 is 4.79 Å². The van der Waals surface area contributed by atoms with Crippen molar-refractivity contribution in [2.45, 2.75) is 18.4 Å². The third-order valence-corrected chi connectivity index (χ3v) is 2.18. The average molecular weight is 160 g/mol. The van der Waals surface area contributed by atoms with E-state index in [2.05, 4.69) is 9.98 Å². The molecule has 0 bridgehead atoms. The van der Waals surface area contributed by atoms with E-state index in [4.69, 9.17) is 0 Å². The lowest BCUT2D eigenvalue weighted by atomic mass is 10.1. The van der Waals surface area contributed by atoms with Crippen LogP contribution in [-0.2, 0) is 10.3 Å². The maximum absolute atomic E-state index is 10.1. The van der Waals surface area contributed by atoms with E-state index in [1.165, 1.54) is 0 Å². The fourth-order valence-corrected chi connectivity index (χ4v) is 1.31. The molecule has 1 aromatic rings. The molecule has 60 valence electrons. The predicted molar refractivity (Wildman–Crippen MR) is 43.3 cm³/mol. The van der Waals surface area contributed by atoms with E-state index in [-0.39, 0.29) is 5.54 Å². The van der Waals surface area contributed by atoms with E-state index in [0.717, 1.165) is 18.4 Å². The molecule has 0 N–H and O–H groups in total. The molecule has 0 radical (unpaired) electrons. The van der Waals surface area contributed by atoms with Gasteiger partial charge in [-0.15, -0.1) is 0 Å². The van der Waals surface area contributed by atoms with Crippen molar-refractivity contribution in [3.05, 3.63) is 30.1 Å². The topological polar surface area (TPSA) is 42.3 Å². The molecule has 2 rings (SSSR count). The second kappa shape index (κ2) is 2.54. The molecule has 1 fully saturated rings. The van der Waals surface area contributed by atoms with Crippen LogP contribution in [0, 0.1) is 0 Å². The van der Waals surface area contributed by atoms with Crippen molar-refractivity contribution in [2.24, 2.45) is 4.99 Å². The summed E-state index contributed by atoms with van der Waals surface area (Å²) in [6.07, 6.45) is 6.96. The first kappa shape index (κ1) is 7.19. The fraction of sp³-hybridized carbons (Fsp3) is 0.333. The van der Waals surface area contributed by atoms with Gasteiger partial charge in [0.25, 0.3) is 0 Å². The van der Waals surface area contributed by atoms with Crippen molar-refractivity contribution in [1.29, 1.82) is 0 Å². The van der Waals surface area contributed by atoms with Crippen LogP contribution in [0.5, 0.6) is 0 Å². The normalized spacial score (nSPS) is 18.0. The summed E-state index contributed by atoms with van der Waals surface area (Å²) >= 11 is 0. The molecule has 0 amide bonds. The number of aliphatic imine (C=N–C) groups is 1. The number of hydrogen-bond donors (Lipinski definition) is 0. The Morgan fingerprint density at radius 2 is 2.42 bits per heavy atom. The van der Waals surface area contributed by atoms with Gasteiger partial charge in [-0.25, -0.2) is 4.79 Å². The number of pyridine rings is 1. The molecule has 0 aliphatic heterocycles. The van der Waals surface area contributed by atoms with Crippen molar-refractivity contribution in [3.8, 4) is 0 Å². The van der Waals surface area contributed by atoms with Crippen LogP contribution in [0.15, 0.2) is 29.5 Å². The Morgan fingerprint density at radius 1 is 1.58 bits per heavy atom. The summed E-state index contributed by atoms with van der Waals surface area (Å²) in [4.78, 5) is 17.9. The minimum Gasteiger partial charge on any atom is -0.264 e. The summed E-state index contributed by atoms with van der Waals surface area (Å²) in [6, 6.07) is 3.80. The number of aromatic nitrogens is 1.